The van der Waals surface area contributed by atoms with Crippen molar-refractivity contribution in [1.29, 1.82) is 0 Å². The van der Waals surface area contributed by atoms with Crippen molar-refractivity contribution in [3.05, 3.63) is 57.4 Å². The molecule has 0 aliphatic rings. The first-order valence-corrected chi connectivity index (χ1v) is 7.86. The number of nitrogens with zero attached hydrogens (tertiary/aromatic N) is 1. The molecule has 3 nitrogen and oxygen atoms in total. The Bertz CT molecular complexity index is 800. The first kappa shape index (κ1) is 13.9. The van der Waals surface area contributed by atoms with E-state index in [1.807, 2.05) is 6.07 Å². The van der Waals surface area contributed by atoms with Gasteiger partial charge in [-0.1, -0.05) is 0 Å². The summed E-state index contributed by atoms with van der Waals surface area (Å²) in [5.41, 5.74) is 5.19. The predicted octanol–water partition coefficient (Wildman–Crippen LogP) is 4.26. The van der Waals surface area contributed by atoms with Gasteiger partial charge in [-0.2, -0.15) is 11.3 Å². The van der Waals surface area contributed by atoms with Crippen LogP contribution in [0.2, 0.25) is 0 Å². The normalized spacial score (nSPS) is 11.1. The molecule has 3 aromatic rings. The molecule has 0 saturated carbocycles. The maximum Gasteiger partial charge on any atom is 0.335 e. The second-order valence-corrected chi connectivity index (χ2v) is 6.06. The quantitative estimate of drug-likeness (QED) is 0.782. The fourth-order valence-corrected chi connectivity index (χ4v) is 3.45. The largest absolute Gasteiger partial charge is 0.478 e. The fourth-order valence-electron chi connectivity index (χ4n) is 2.75. The highest BCUT2D eigenvalue weighted by molar-refractivity contribution is 7.07. The zero-order valence-corrected chi connectivity index (χ0v) is 12.9. The van der Waals surface area contributed by atoms with Gasteiger partial charge in [-0.25, -0.2) is 4.79 Å². The number of hydrogen-bond acceptors (Lipinski definition) is 2. The Hall–Kier alpha value is -2.07. The average molecular weight is 299 g/mol. The van der Waals surface area contributed by atoms with E-state index in [-0.39, 0.29) is 0 Å². The third kappa shape index (κ3) is 2.47. The van der Waals surface area contributed by atoms with E-state index >= 15 is 0 Å². The van der Waals surface area contributed by atoms with Crippen LogP contribution in [0, 0.1) is 13.8 Å². The van der Waals surface area contributed by atoms with Gasteiger partial charge < -0.3 is 9.67 Å². The average Bonchev–Trinajstić information content (AvgIpc) is 3.06. The van der Waals surface area contributed by atoms with Crippen molar-refractivity contribution >= 4 is 28.2 Å². The van der Waals surface area contributed by atoms with Crippen molar-refractivity contribution in [2.45, 2.75) is 26.8 Å². The van der Waals surface area contributed by atoms with Crippen LogP contribution in [-0.4, -0.2) is 15.6 Å². The Morgan fingerprint density at radius 1 is 1.29 bits per heavy atom. The molecule has 4 heteroatoms. The van der Waals surface area contributed by atoms with Gasteiger partial charge in [0.25, 0.3) is 0 Å². The second kappa shape index (κ2) is 5.37. The highest BCUT2D eigenvalue weighted by Gasteiger charge is 2.13. The zero-order chi connectivity index (χ0) is 15.0. The van der Waals surface area contributed by atoms with Gasteiger partial charge >= 0.3 is 5.97 Å². The molecule has 21 heavy (non-hydrogen) atoms. The Balaban J connectivity index is 2.02. The Morgan fingerprint density at radius 3 is 2.76 bits per heavy atom. The lowest BCUT2D eigenvalue weighted by atomic mass is 10.1. The lowest BCUT2D eigenvalue weighted by molar-refractivity contribution is 0.0697. The summed E-state index contributed by atoms with van der Waals surface area (Å²) in [5, 5.41) is 14.4. The summed E-state index contributed by atoms with van der Waals surface area (Å²) in [6, 6.07) is 7.54. The molecule has 2 heterocycles. The lowest BCUT2D eigenvalue weighted by Gasteiger charge is -2.08. The monoisotopic (exact) mass is 299 g/mol. The Kier molecular flexibility index (Phi) is 3.55. The van der Waals surface area contributed by atoms with Gasteiger partial charge in [0.2, 0.25) is 0 Å². The number of benzene rings is 1. The minimum atomic E-state index is -0.875. The third-order valence-electron chi connectivity index (χ3n) is 4.09. The summed E-state index contributed by atoms with van der Waals surface area (Å²) in [4.78, 5) is 11.1. The number of aromatic nitrogens is 1. The Morgan fingerprint density at radius 2 is 2.10 bits per heavy atom. The highest BCUT2D eigenvalue weighted by atomic mass is 32.1. The molecule has 1 N–H and O–H groups in total. The van der Waals surface area contributed by atoms with Crippen LogP contribution >= 0.6 is 11.3 Å². The van der Waals surface area contributed by atoms with Crippen LogP contribution in [-0.2, 0) is 13.0 Å². The summed E-state index contributed by atoms with van der Waals surface area (Å²) in [7, 11) is 0. The van der Waals surface area contributed by atoms with Crippen molar-refractivity contribution < 1.29 is 9.90 Å². The summed E-state index contributed by atoms with van der Waals surface area (Å²) in [5.74, 6) is -0.875. The molecule has 0 radical (unpaired) electrons. The van der Waals surface area contributed by atoms with E-state index in [4.69, 9.17) is 5.11 Å². The molecule has 0 bridgehead atoms. The highest BCUT2D eigenvalue weighted by Crippen LogP contribution is 2.26. The lowest BCUT2D eigenvalue weighted by Crippen LogP contribution is -2.03. The minimum Gasteiger partial charge on any atom is -0.478 e. The zero-order valence-electron chi connectivity index (χ0n) is 12.1. The predicted molar refractivity (Wildman–Crippen MR) is 86.4 cm³/mol. The maximum atomic E-state index is 11.1. The number of carboxylic acids is 1. The second-order valence-electron chi connectivity index (χ2n) is 5.28. The molecule has 0 aliphatic heterocycles. The molecular weight excluding hydrogens is 282 g/mol. The molecule has 2 aromatic heterocycles. The number of hydrogen-bond donors (Lipinski definition) is 1. The molecule has 1 aromatic carbocycles. The first-order chi connectivity index (χ1) is 10.1. The van der Waals surface area contributed by atoms with Crippen molar-refractivity contribution in [2.75, 3.05) is 0 Å². The first-order valence-electron chi connectivity index (χ1n) is 6.91. The van der Waals surface area contributed by atoms with Gasteiger partial charge in [0.15, 0.2) is 0 Å². The number of fused-ring (bicyclic) bond motifs is 1. The van der Waals surface area contributed by atoms with Gasteiger partial charge in [-0.15, -0.1) is 0 Å². The number of carbonyl (C=O) groups is 1. The molecular formula is C17H17NO2S. The molecule has 0 amide bonds. The van der Waals surface area contributed by atoms with Crippen molar-refractivity contribution in [1.82, 2.24) is 4.57 Å². The summed E-state index contributed by atoms with van der Waals surface area (Å²) in [6.07, 6.45) is 0.994. The van der Waals surface area contributed by atoms with Gasteiger partial charge in [0.1, 0.15) is 0 Å². The van der Waals surface area contributed by atoms with Crippen molar-refractivity contribution in [3.8, 4) is 0 Å². The summed E-state index contributed by atoms with van der Waals surface area (Å²) in [6.45, 7) is 5.08. The van der Waals surface area contributed by atoms with Crippen LogP contribution in [0.3, 0.4) is 0 Å². The van der Waals surface area contributed by atoms with Crippen LogP contribution in [0.25, 0.3) is 10.9 Å². The Labute approximate surface area is 127 Å². The number of aromatic carboxylic acids is 1. The fraction of sp³-hybridized carbons (Fsp3) is 0.235. The van der Waals surface area contributed by atoms with Gasteiger partial charge in [0, 0.05) is 23.1 Å². The van der Waals surface area contributed by atoms with E-state index in [2.05, 4.69) is 35.2 Å². The topological polar surface area (TPSA) is 42.2 Å². The van der Waals surface area contributed by atoms with Gasteiger partial charge in [-0.05, 0) is 66.4 Å². The van der Waals surface area contributed by atoms with E-state index in [1.165, 1.54) is 16.8 Å². The van der Waals surface area contributed by atoms with E-state index < -0.39 is 5.97 Å². The van der Waals surface area contributed by atoms with Crippen molar-refractivity contribution in [2.24, 2.45) is 0 Å². The molecule has 0 saturated heterocycles. The summed E-state index contributed by atoms with van der Waals surface area (Å²) >= 11 is 1.72. The maximum absolute atomic E-state index is 11.1. The van der Waals surface area contributed by atoms with E-state index in [1.54, 1.807) is 23.5 Å². The van der Waals surface area contributed by atoms with Crippen LogP contribution < -0.4 is 0 Å². The number of aryl methyl sites for hydroxylation is 3. The van der Waals surface area contributed by atoms with Crippen molar-refractivity contribution in [3.63, 3.8) is 0 Å². The van der Waals surface area contributed by atoms with Crippen LogP contribution in [0.1, 0.15) is 27.2 Å². The number of carboxylic acid groups (broad SMARTS) is 1. The molecule has 0 aliphatic carbocycles. The number of thiophene rings is 1. The van der Waals surface area contributed by atoms with Gasteiger partial charge in [-0.3, -0.25) is 0 Å². The van der Waals surface area contributed by atoms with Crippen LogP contribution in [0.15, 0.2) is 35.0 Å². The molecule has 0 spiro atoms. The molecule has 0 fully saturated rings. The third-order valence-corrected chi connectivity index (χ3v) is 4.82. The molecule has 3 rings (SSSR count). The van der Waals surface area contributed by atoms with Crippen LogP contribution in [0.5, 0.6) is 0 Å². The SMILES string of the molecule is Cc1c(C)n(CCc2ccsc2)c2ccc(C(=O)O)cc12. The van der Waals surface area contributed by atoms with E-state index in [0.29, 0.717) is 5.56 Å². The summed E-state index contributed by atoms with van der Waals surface area (Å²) < 4.78 is 2.29. The molecule has 0 unspecified atom stereocenters. The minimum absolute atomic E-state index is 0.348. The van der Waals surface area contributed by atoms with Gasteiger partial charge in [0.05, 0.1) is 5.56 Å². The van der Waals surface area contributed by atoms with E-state index in [9.17, 15) is 4.79 Å². The number of rotatable bonds is 4. The molecule has 0 atom stereocenters. The standard InChI is InChI=1S/C17H17NO2S/c1-11-12(2)18(7-5-13-6-8-21-10-13)16-4-3-14(17(19)20)9-15(11)16/h3-4,6,8-10H,5,7H2,1-2H3,(H,19,20). The molecule has 108 valence electrons. The van der Waals surface area contributed by atoms with Crippen LogP contribution in [0.4, 0.5) is 0 Å². The smallest absolute Gasteiger partial charge is 0.335 e. The van der Waals surface area contributed by atoms with E-state index in [0.717, 1.165) is 23.9 Å².